The summed E-state index contributed by atoms with van der Waals surface area (Å²) in [5, 5.41) is 16.6. The van der Waals surface area contributed by atoms with Crippen LogP contribution in [-0.2, 0) is 10.3 Å². The Balaban J connectivity index is 0.000000384. The molecule has 5 nitrogen and oxygen atoms in total. The number of imidazole rings is 1. The second kappa shape index (κ2) is 10.4. The van der Waals surface area contributed by atoms with Crippen LogP contribution in [0.1, 0.15) is 34.7 Å². The fourth-order valence-corrected chi connectivity index (χ4v) is 4.51. The Hall–Kier alpha value is -3.91. The van der Waals surface area contributed by atoms with Crippen LogP contribution in [0, 0.1) is 5.92 Å². The molecule has 2 N–H and O–H groups in total. The average molecular weight is 495 g/mol. The van der Waals surface area contributed by atoms with Gasteiger partial charge in [0.25, 0.3) is 0 Å². The number of halogens is 3. The van der Waals surface area contributed by atoms with Gasteiger partial charge in [0.15, 0.2) is 0 Å². The zero-order chi connectivity index (χ0) is 25.8. The minimum Gasteiger partial charge on any atom is -0.475 e. The van der Waals surface area contributed by atoms with Crippen LogP contribution >= 0.6 is 0 Å². The van der Waals surface area contributed by atoms with Crippen LogP contribution in [-0.4, -0.2) is 38.5 Å². The SMILES string of the molecule is O=C(O)C(F)(F)F.OC[C@@H]1C[C@H]1c1cn(C(c2ccccc2)(c2ccccc2)c2ccccc2)cn1. The van der Waals surface area contributed by atoms with Crippen molar-refractivity contribution < 1.29 is 28.2 Å². The van der Waals surface area contributed by atoms with E-state index in [1.54, 1.807) is 0 Å². The molecule has 1 aromatic heterocycles. The molecule has 8 heteroatoms. The highest BCUT2D eigenvalue weighted by molar-refractivity contribution is 5.73. The first-order chi connectivity index (χ1) is 17.3. The number of aliphatic hydroxyl groups is 1. The molecule has 0 saturated heterocycles. The van der Waals surface area contributed by atoms with Gasteiger partial charge in [-0.3, -0.25) is 0 Å². The van der Waals surface area contributed by atoms with Crippen LogP contribution in [0.25, 0.3) is 0 Å². The molecule has 0 amide bonds. The van der Waals surface area contributed by atoms with Gasteiger partial charge in [-0.15, -0.1) is 0 Å². The number of benzene rings is 3. The normalized spacial score (nSPS) is 17.1. The van der Waals surface area contributed by atoms with Crippen molar-refractivity contribution >= 4 is 5.97 Å². The predicted octanol–water partition coefficient (Wildman–Crippen LogP) is 5.45. The molecule has 2 atom stereocenters. The van der Waals surface area contributed by atoms with E-state index in [9.17, 15) is 18.3 Å². The van der Waals surface area contributed by atoms with Gasteiger partial charge in [0.05, 0.1) is 12.0 Å². The van der Waals surface area contributed by atoms with Gasteiger partial charge in [-0.2, -0.15) is 13.2 Å². The molecule has 0 bridgehead atoms. The van der Waals surface area contributed by atoms with E-state index < -0.39 is 17.7 Å². The lowest BCUT2D eigenvalue weighted by molar-refractivity contribution is -0.192. The summed E-state index contributed by atoms with van der Waals surface area (Å²) in [6.07, 6.45) is 0.0605. The second-order valence-electron chi connectivity index (χ2n) is 8.60. The Morgan fingerprint density at radius 1 is 0.861 bits per heavy atom. The second-order valence-corrected chi connectivity index (χ2v) is 8.60. The molecule has 1 aliphatic rings. The number of rotatable bonds is 6. The fourth-order valence-electron chi connectivity index (χ4n) is 4.51. The Bertz CT molecular complexity index is 1180. The topological polar surface area (TPSA) is 75.3 Å². The van der Waals surface area contributed by atoms with Gasteiger partial charge in [-0.05, 0) is 29.0 Å². The van der Waals surface area contributed by atoms with Crippen molar-refractivity contribution in [3.05, 3.63) is 126 Å². The predicted molar refractivity (Wildman–Crippen MR) is 128 cm³/mol. The zero-order valence-electron chi connectivity index (χ0n) is 19.2. The Labute approximate surface area is 206 Å². The molecule has 3 aromatic carbocycles. The van der Waals surface area contributed by atoms with E-state index in [1.165, 1.54) is 16.7 Å². The largest absolute Gasteiger partial charge is 0.490 e. The van der Waals surface area contributed by atoms with Crippen LogP contribution in [0.2, 0.25) is 0 Å². The van der Waals surface area contributed by atoms with Gasteiger partial charge in [0.2, 0.25) is 0 Å². The molecule has 0 radical (unpaired) electrons. The highest BCUT2D eigenvalue weighted by Gasteiger charge is 2.42. The molecule has 1 saturated carbocycles. The Kier molecular flexibility index (Phi) is 7.26. The lowest BCUT2D eigenvalue weighted by Gasteiger charge is -2.37. The first kappa shape index (κ1) is 25.2. The molecule has 186 valence electrons. The maximum atomic E-state index is 10.6. The highest BCUT2D eigenvalue weighted by atomic mass is 19.4. The van der Waals surface area contributed by atoms with Gasteiger partial charge in [-0.25, -0.2) is 9.78 Å². The first-order valence-electron chi connectivity index (χ1n) is 11.4. The quantitative estimate of drug-likeness (QED) is 0.350. The van der Waals surface area contributed by atoms with Gasteiger partial charge >= 0.3 is 12.1 Å². The van der Waals surface area contributed by atoms with Crippen molar-refractivity contribution in [3.63, 3.8) is 0 Å². The number of hydrogen-bond donors (Lipinski definition) is 2. The average Bonchev–Trinajstić information content (AvgIpc) is 3.53. The number of nitrogens with zero attached hydrogens (tertiary/aromatic N) is 2. The molecule has 1 aliphatic carbocycles. The number of alkyl halides is 3. The van der Waals surface area contributed by atoms with Crippen LogP contribution < -0.4 is 0 Å². The van der Waals surface area contributed by atoms with E-state index in [1.807, 2.05) is 6.33 Å². The van der Waals surface area contributed by atoms with Crippen molar-refractivity contribution in [2.45, 2.75) is 24.1 Å². The third kappa shape index (κ3) is 5.04. The van der Waals surface area contributed by atoms with Crippen molar-refractivity contribution in [3.8, 4) is 0 Å². The van der Waals surface area contributed by atoms with Crippen LogP contribution in [0.15, 0.2) is 104 Å². The third-order valence-electron chi connectivity index (χ3n) is 6.34. The number of hydrogen-bond acceptors (Lipinski definition) is 3. The lowest BCUT2D eigenvalue weighted by Crippen LogP contribution is -2.36. The van der Waals surface area contributed by atoms with Gasteiger partial charge < -0.3 is 14.8 Å². The highest BCUT2D eigenvalue weighted by Crippen LogP contribution is 2.47. The molecule has 0 unspecified atom stereocenters. The minimum absolute atomic E-state index is 0.235. The van der Waals surface area contributed by atoms with Crippen molar-refractivity contribution in [2.24, 2.45) is 5.92 Å². The van der Waals surface area contributed by atoms with E-state index in [-0.39, 0.29) is 6.61 Å². The number of carbonyl (C=O) groups is 1. The number of carboxylic acids is 1. The van der Waals surface area contributed by atoms with Gasteiger partial charge in [0.1, 0.15) is 5.54 Å². The van der Waals surface area contributed by atoms with E-state index in [0.717, 1.165) is 12.1 Å². The van der Waals surface area contributed by atoms with E-state index in [4.69, 9.17) is 14.9 Å². The molecular formula is C28H25F3N2O3. The molecule has 5 rings (SSSR count). The van der Waals surface area contributed by atoms with Crippen molar-refractivity contribution in [2.75, 3.05) is 6.61 Å². The summed E-state index contributed by atoms with van der Waals surface area (Å²) in [7, 11) is 0. The molecule has 4 aromatic rings. The number of aliphatic hydroxyl groups excluding tert-OH is 1. The molecule has 1 fully saturated rings. The minimum atomic E-state index is -5.08. The maximum absolute atomic E-state index is 10.6. The number of aliphatic carboxylic acids is 1. The van der Waals surface area contributed by atoms with Crippen LogP contribution in [0.4, 0.5) is 13.2 Å². The van der Waals surface area contributed by atoms with Gasteiger partial charge in [0, 0.05) is 18.7 Å². The third-order valence-corrected chi connectivity index (χ3v) is 6.34. The van der Waals surface area contributed by atoms with Crippen molar-refractivity contribution in [1.82, 2.24) is 9.55 Å². The first-order valence-corrected chi connectivity index (χ1v) is 11.4. The smallest absolute Gasteiger partial charge is 0.475 e. The Morgan fingerprint density at radius 2 is 1.28 bits per heavy atom. The lowest BCUT2D eigenvalue weighted by atomic mass is 9.77. The van der Waals surface area contributed by atoms with E-state index in [0.29, 0.717) is 11.8 Å². The molecule has 1 heterocycles. The molecule has 0 aliphatic heterocycles. The molecule has 36 heavy (non-hydrogen) atoms. The number of carboxylic acid groups (broad SMARTS) is 1. The summed E-state index contributed by atoms with van der Waals surface area (Å²) in [5.41, 5.74) is 4.12. The number of aromatic nitrogens is 2. The van der Waals surface area contributed by atoms with Gasteiger partial charge in [-0.1, -0.05) is 91.0 Å². The monoisotopic (exact) mass is 494 g/mol. The summed E-state index contributed by atoms with van der Waals surface area (Å²) in [6.45, 7) is 0.235. The standard InChI is InChI=1S/C26H24N2O.C2HF3O2/c29-18-20-16-24(20)25-17-28(19-27-25)26(21-10-4-1-5-11-21,22-12-6-2-7-13-22)23-14-8-3-9-15-23;3-2(4,5)1(6)7/h1-15,17,19-20,24,29H,16,18H2;(H,6,7)/t20-,24+;/m0./s1. The maximum Gasteiger partial charge on any atom is 0.490 e. The summed E-state index contributed by atoms with van der Waals surface area (Å²) in [4.78, 5) is 13.7. The summed E-state index contributed by atoms with van der Waals surface area (Å²) in [6, 6.07) is 31.9. The summed E-state index contributed by atoms with van der Waals surface area (Å²) >= 11 is 0. The molecular weight excluding hydrogens is 469 g/mol. The molecule has 0 spiro atoms. The van der Waals surface area contributed by atoms with Crippen LogP contribution in [0.3, 0.4) is 0 Å². The van der Waals surface area contributed by atoms with Crippen molar-refractivity contribution in [1.29, 1.82) is 0 Å². The summed E-state index contributed by atoms with van der Waals surface area (Å²) in [5.74, 6) is -2.05. The van der Waals surface area contributed by atoms with E-state index >= 15 is 0 Å². The Morgan fingerprint density at radius 3 is 1.61 bits per heavy atom. The zero-order valence-corrected chi connectivity index (χ0v) is 19.2. The fraction of sp³-hybridized carbons (Fsp3) is 0.214. The summed E-state index contributed by atoms with van der Waals surface area (Å²) < 4.78 is 34.0. The van der Waals surface area contributed by atoms with E-state index in [2.05, 4.69) is 102 Å². The van der Waals surface area contributed by atoms with Crippen LogP contribution in [0.5, 0.6) is 0 Å².